The molecule has 3 heterocycles. The summed E-state index contributed by atoms with van der Waals surface area (Å²) in [6, 6.07) is 19.9. The van der Waals surface area contributed by atoms with Gasteiger partial charge in [0.2, 0.25) is 0 Å². The summed E-state index contributed by atoms with van der Waals surface area (Å²) in [5, 5.41) is 1.15. The number of ether oxygens (including phenoxy) is 1. The van der Waals surface area contributed by atoms with Gasteiger partial charge in [0.25, 0.3) is 5.56 Å². The highest BCUT2D eigenvalue weighted by molar-refractivity contribution is 7.19. The second-order valence-corrected chi connectivity index (χ2v) is 8.73. The molecule has 0 bridgehead atoms. The zero-order valence-corrected chi connectivity index (χ0v) is 17.7. The lowest BCUT2D eigenvalue weighted by Gasteiger charge is -2.27. The first-order valence-electron chi connectivity index (χ1n) is 10.2. The number of amides is 1. The molecule has 2 aromatic carbocycles. The third kappa shape index (κ3) is 4.09. The molecule has 0 unspecified atom stereocenters. The van der Waals surface area contributed by atoms with Crippen molar-refractivity contribution in [2.45, 2.75) is 26.1 Å². The SMILES string of the molecule is O=C(OCc1cc2ccccc2s1)N1CCc2ncn(Cc3ccccc3)c(=O)c2C1. The summed E-state index contributed by atoms with van der Waals surface area (Å²) in [6.07, 6.45) is 1.75. The van der Waals surface area contributed by atoms with E-state index in [1.165, 1.54) is 4.70 Å². The van der Waals surface area contributed by atoms with Crippen LogP contribution in [0.2, 0.25) is 0 Å². The van der Waals surface area contributed by atoms with Gasteiger partial charge >= 0.3 is 6.09 Å². The van der Waals surface area contributed by atoms with Crippen LogP contribution in [0, 0.1) is 0 Å². The molecule has 0 fully saturated rings. The highest BCUT2D eigenvalue weighted by atomic mass is 32.1. The van der Waals surface area contributed by atoms with E-state index in [4.69, 9.17) is 4.74 Å². The van der Waals surface area contributed by atoms with Crippen LogP contribution in [0.1, 0.15) is 21.7 Å². The standard InChI is InChI=1S/C24H21N3O3S/c28-23-20-14-26(24(29)30-15-19-12-18-8-4-5-9-22(18)31-19)11-10-21(20)25-16-27(23)13-17-6-2-1-3-7-17/h1-9,12,16H,10-11,13-15H2. The maximum absolute atomic E-state index is 13.0. The molecular formula is C24H21N3O3S. The number of aromatic nitrogens is 2. The van der Waals surface area contributed by atoms with Gasteiger partial charge in [0.1, 0.15) is 6.61 Å². The topological polar surface area (TPSA) is 64.4 Å². The van der Waals surface area contributed by atoms with Crippen molar-refractivity contribution in [1.29, 1.82) is 0 Å². The van der Waals surface area contributed by atoms with Gasteiger partial charge in [-0.05, 0) is 23.1 Å². The lowest BCUT2D eigenvalue weighted by molar-refractivity contribution is 0.0921. The van der Waals surface area contributed by atoms with Crippen molar-refractivity contribution >= 4 is 27.5 Å². The lowest BCUT2D eigenvalue weighted by Crippen LogP contribution is -2.41. The molecule has 1 amide bonds. The number of hydrogen-bond donors (Lipinski definition) is 0. The van der Waals surface area contributed by atoms with Gasteiger partial charge in [-0.25, -0.2) is 9.78 Å². The van der Waals surface area contributed by atoms with Crippen LogP contribution in [0.15, 0.2) is 71.8 Å². The lowest BCUT2D eigenvalue weighted by atomic mass is 10.1. The van der Waals surface area contributed by atoms with E-state index in [0.29, 0.717) is 25.1 Å². The Morgan fingerprint density at radius 2 is 1.90 bits per heavy atom. The number of benzene rings is 2. The van der Waals surface area contributed by atoms with Crippen LogP contribution >= 0.6 is 11.3 Å². The summed E-state index contributed by atoms with van der Waals surface area (Å²) in [5.41, 5.74) is 2.27. The van der Waals surface area contributed by atoms with Crippen molar-refractivity contribution < 1.29 is 9.53 Å². The molecule has 6 nitrogen and oxygen atoms in total. The molecule has 1 aliphatic rings. The third-order valence-electron chi connectivity index (χ3n) is 5.46. The molecule has 0 N–H and O–H groups in total. The Hall–Kier alpha value is -3.45. The Labute approximate surface area is 183 Å². The Morgan fingerprint density at radius 1 is 1.10 bits per heavy atom. The molecule has 0 aliphatic carbocycles. The van der Waals surface area contributed by atoms with Crippen molar-refractivity contribution in [3.05, 3.63) is 99.0 Å². The second kappa shape index (κ2) is 8.35. The summed E-state index contributed by atoms with van der Waals surface area (Å²) >= 11 is 1.62. The highest BCUT2D eigenvalue weighted by Gasteiger charge is 2.25. The maximum Gasteiger partial charge on any atom is 0.410 e. The summed E-state index contributed by atoms with van der Waals surface area (Å²) in [4.78, 5) is 32.7. The monoisotopic (exact) mass is 431 g/mol. The van der Waals surface area contributed by atoms with Crippen LogP contribution in [0.3, 0.4) is 0 Å². The molecule has 4 aromatic rings. The minimum Gasteiger partial charge on any atom is -0.444 e. The van der Waals surface area contributed by atoms with Crippen LogP contribution in [0.5, 0.6) is 0 Å². The van der Waals surface area contributed by atoms with E-state index in [-0.39, 0.29) is 18.7 Å². The first-order valence-corrected chi connectivity index (χ1v) is 11.0. The predicted molar refractivity (Wildman–Crippen MR) is 120 cm³/mol. The molecule has 2 aromatic heterocycles. The van der Waals surface area contributed by atoms with Crippen molar-refractivity contribution in [3.63, 3.8) is 0 Å². The average molecular weight is 432 g/mol. The number of rotatable bonds is 4. The fourth-order valence-corrected chi connectivity index (χ4v) is 4.81. The Kier molecular flexibility index (Phi) is 5.26. The smallest absolute Gasteiger partial charge is 0.410 e. The minimum absolute atomic E-state index is 0.101. The molecule has 5 rings (SSSR count). The zero-order valence-electron chi connectivity index (χ0n) is 16.9. The number of fused-ring (bicyclic) bond motifs is 2. The van der Waals surface area contributed by atoms with Crippen molar-refractivity contribution in [1.82, 2.24) is 14.5 Å². The van der Waals surface area contributed by atoms with Gasteiger partial charge in [-0.1, -0.05) is 48.5 Å². The van der Waals surface area contributed by atoms with Crippen molar-refractivity contribution in [3.8, 4) is 0 Å². The Bertz CT molecular complexity index is 1260. The summed E-state index contributed by atoms with van der Waals surface area (Å²) in [7, 11) is 0. The molecule has 0 spiro atoms. The first kappa shape index (κ1) is 19.5. The van der Waals surface area contributed by atoms with Crippen molar-refractivity contribution in [2.75, 3.05) is 6.54 Å². The molecule has 0 radical (unpaired) electrons. The van der Waals surface area contributed by atoms with E-state index >= 15 is 0 Å². The number of carbonyl (C=O) groups is 1. The van der Waals surface area contributed by atoms with E-state index in [2.05, 4.69) is 11.1 Å². The molecular weight excluding hydrogens is 410 g/mol. The normalized spacial score (nSPS) is 13.2. The fourth-order valence-electron chi connectivity index (χ4n) is 3.83. The average Bonchev–Trinajstić information content (AvgIpc) is 3.23. The Balaban J connectivity index is 1.28. The minimum atomic E-state index is -0.402. The first-order chi connectivity index (χ1) is 15.2. The van der Waals surface area contributed by atoms with Crippen LogP contribution in [0.25, 0.3) is 10.1 Å². The van der Waals surface area contributed by atoms with Crippen molar-refractivity contribution in [2.24, 2.45) is 0 Å². The van der Waals surface area contributed by atoms with Gasteiger partial charge in [0, 0.05) is 22.5 Å². The van der Waals surface area contributed by atoms with E-state index in [1.54, 1.807) is 27.1 Å². The zero-order chi connectivity index (χ0) is 21.2. The van der Waals surface area contributed by atoms with Gasteiger partial charge in [-0.3, -0.25) is 9.36 Å². The van der Waals surface area contributed by atoms with Crippen LogP contribution in [-0.2, 0) is 30.9 Å². The number of hydrogen-bond acceptors (Lipinski definition) is 5. The van der Waals surface area contributed by atoms with E-state index in [0.717, 1.165) is 21.5 Å². The molecule has 156 valence electrons. The van der Waals surface area contributed by atoms with Gasteiger partial charge in [-0.15, -0.1) is 11.3 Å². The number of nitrogens with zero attached hydrogens (tertiary/aromatic N) is 3. The van der Waals surface area contributed by atoms with Gasteiger partial charge in [-0.2, -0.15) is 0 Å². The molecule has 7 heteroatoms. The number of carbonyl (C=O) groups excluding carboxylic acids is 1. The molecule has 1 aliphatic heterocycles. The molecule has 0 atom stereocenters. The fraction of sp³-hybridized carbons (Fsp3) is 0.208. The second-order valence-electron chi connectivity index (χ2n) is 7.57. The van der Waals surface area contributed by atoms with E-state index in [9.17, 15) is 9.59 Å². The third-order valence-corrected chi connectivity index (χ3v) is 6.55. The van der Waals surface area contributed by atoms with Crippen LogP contribution < -0.4 is 5.56 Å². The highest BCUT2D eigenvalue weighted by Crippen LogP contribution is 2.26. The molecule has 0 saturated carbocycles. The van der Waals surface area contributed by atoms with Gasteiger partial charge < -0.3 is 9.64 Å². The quantitative estimate of drug-likeness (QED) is 0.486. The molecule has 0 saturated heterocycles. The van der Waals surface area contributed by atoms with E-state index in [1.807, 2.05) is 54.6 Å². The van der Waals surface area contributed by atoms with Crippen LogP contribution in [-0.4, -0.2) is 27.1 Å². The van der Waals surface area contributed by atoms with Gasteiger partial charge in [0.05, 0.1) is 30.7 Å². The maximum atomic E-state index is 13.0. The van der Waals surface area contributed by atoms with E-state index < -0.39 is 6.09 Å². The summed E-state index contributed by atoms with van der Waals surface area (Å²) in [6.45, 7) is 1.40. The summed E-state index contributed by atoms with van der Waals surface area (Å²) < 4.78 is 8.32. The number of thiophene rings is 1. The van der Waals surface area contributed by atoms with Gasteiger partial charge in [0.15, 0.2) is 0 Å². The molecule has 31 heavy (non-hydrogen) atoms. The largest absolute Gasteiger partial charge is 0.444 e. The predicted octanol–water partition coefficient (Wildman–Crippen LogP) is 4.20. The Morgan fingerprint density at radius 3 is 2.74 bits per heavy atom. The van der Waals surface area contributed by atoms with Crippen LogP contribution in [0.4, 0.5) is 4.79 Å². The summed E-state index contributed by atoms with van der Waals surface area (Å²) in [5.74, 6) is 0.